The van der Waals surface area contributed by atoms with Crippen LogP contribution in [0.15, 0.2) is 22.8 Å². The summed E-state index contributed by atoms with van der Waals surface area (Å²) in [5.74, 6) is 0.233. The van der Waals surface area contributed by atoms with Crippen LogP contribution in [0.3, 0.4) is 0 Å². The largest absolute Gasteiger partial charge is 0.459 e. The van der Waals surface area contributed by atoms with Gasteiger partial charge in [0.15, 0.2) is 5.76 Å². The minimum atomic E-state index is -0.343. The van der Waals surface area contributed by atoms with Crippen LogP contribution in [0, 0.1) is 0 Å². The van der Waals surface area contributed by atoms with Crippen LogP contribution in [0.2, 0.25) is 0 Å². The molecule has 1 aromatic heterocycles. The standard InChI is InChI=1S/C16H23N3O3.ClH/c20-15(18-9-4-7-17-8-11-18)13-5-1-2-10-19(13)16(21)14-6-3-12-22-14;/h3,6,12-13,17H,1-2,4-5,7-11H2;1H. The van der Waals surface area contributed by atoms with Gasteiger partial charge in [0.05, 0.1) is 6.26 Å². The molecule has 1 aromatic rings. The molecule has 0 aromatic carbocycles. The van der Waals surface area contributed by atoms with Crippen LogP contribution in [0.5, 0.6) is 0 Å². The van der Waals surface area contributed by atoms with E-state index in [0.717, 1.165) is 51.9 Å². The third-order valence-electron chi connectivity index (χ3n) is 4.43. The fraction of sp³-hybridized carbons (Fsp3) is 0.625. The highest BCUT2D eigenvalue weighted by molar-refractivity contribution is 5.95. The molecule has 2 aliphatic heterocycles. The summed E-state index contributed by atoms with van der Waals surface area (Å²) in [6.07, 6.45) is 5.14. The molecule has 0 radical (unpaired) electrons. The second-order valence-electron chi connectivity index (χ2n) is 5.92. The van der Waals surface area contributed by atoms with E-state index in [1.54, 1.807) is 17.0 Å². The van der Waals surface area contributed by atoms with E-state index in [4.69, 9.17) is 4.42 Å². The first-order valence-electron chi connectivity index (χ1n) is 8.11. The Balaban J connectivity index is 0.00000192. The van der Waals surface area contributed by atoms with Gasteiger partial charge in [0, 0.05) is 26.2 Å². The van der Waals surface area contributed by atoms with Gasteiger partial charge in [0.2, 0.25) is 5.91 Å². The van der Waals surface area contributed by atoms with Crippen molar-refractivity contribution in [2.24, 2.45) is 0 Å². The number of nitrogens with one attached hydrogen (secondary N) is 1. The first-order chi connectivity index (χ1) is 10.8. The van der Waals surface area contributed by atoms with E-state index in [1.165, 1.54) is 6.26 Å². The van der Waals surface area contributed by atoms with E-state index in [1.807, 2.05) is 4.90 Å². The number of amides is 2. The maximum absolute atomic E-state index is 12.9. The number of hydrogen-bond donors (Lipinski definition) is 1. The molecule has 2 fully saturated rings. The van der Waals surface area contributed by atoms with Gasteiger partial charge in [-0.05, 0) is 44.4 Å². The number of halogens is 1. The van der Waals surface area contributed by atoms with Crippen molar-refractivity contribution in [3.63, 3.8) is 0 Å². The molecule has 0 spiro atoms. The maximum Gasteiger partial charge on any atom is 0.290 e. The Morgan fingerprint density at radius 1 is 1.13 bits per heavy atom. The molecular formula is C16H24ClN3O3. The van der Waals surface area contributed by atoms with Crippen molar-refractivity contribution in [3.8, 4) is 0 Å². The molecule has 1 unspecified atom stereocenters. The quantitative estimate of drug-likeness (QED) is 0.885. The topological polar surface area (TPSA) is 65.8 Å². The Morgan fingerprint density at radius 2 is 2.00 bits per heavy atom. The van der Waals surface area contributed by atoms with Crippen LogP contribution in [-0.2, 0) is 4.79 Å². The van der Waals surface area contributed by atoms with E-state index in [9.17, 15) is 9.59 Å². The lowest BCUT2D eigenvalue weighted by atomic mass is 10.00. The third-order valence-corrected chi connectivity index (χ3v) is 4.43. The van der Waals surface area contributed by atoms with Crippen molar-refractivity contribution in [2.45, 2.75) is 31.7 Å². The van der Waals surface area contributed by atoms with Gasteiger partial charge in [-0.15, -0.1) is 12.4 Å². The lowest BCUT2D eigenvalue weighted by Gasteiger charge is -2.37. The van der Waals surface area contributed by atoms with Crippen LogP contribution in [0.4, 0.5) is 0 Å². The highest BCUT2D eigenvalue weighted by atomic mass is 35.5. The molecule has 0 saturated carbocycles. The summed E-state index contributed by atoms with van der Waals surface area (Å²) in [5.41, 5.74) is 0. The van der Waals surface area contributed by atoms with E-state index in [-0.39, 0.29) is 30.3 Å². The number of likely N-dealkylation sites (tertiary alicyclic amines) is 1. The summed E-state index contributed by atoms with van der Waals surface area (Å²) in [6.45, 7) is 3.89. The molecule has 128 valence electrons. The van der Waals surface area contributed by atoms with Crippen molar-refractivity contribution in [3.05, 3.63) is 24.2 Å². The van der Waals surface area contributed by atoms with Crippen molar-refractivity contribution >= 4 is 24.2 Å². The minimum Gasteiger partial charge on any atom is -0.459 e. The molecule has 23 heavy (non-hydrogen) atoms. The number of hydrogen-bond acceptors (Lipinski definition) is 4. The summed E-state index contributed by atoms with van der Waals surface area (Å²) in [4.78, 5) is 29.0. The van der Waals surface area contributed by atoms with Gasteiger partial charge in [-0.1, -0.05) is 0 Å². The zero-order valence-electron chi connectivity index (χ0n) is 13.2. The molecule has 2 amide bonds. The van der Waals surface area contributed by atoms with Crippen molar-refractivity contribution in [2.75, 3.05) is 32.7 Å². The second-order valence-corrected chi connectivity index (χ2v) is 5.92. The highest BCUT2D eigenvalue weighted by Gasteiger charge is 2.36. The smallest absolute Gasteiger partial charge is 0.290 e. The number of rotatable bonds is 2. The first kappa shape index (κ1) is 17.8. The number of nitrogens with zero attached hydrogens (tertiary/aromatic N) is 2. The average molecular weight is 342 g/mol. The molecule has 0 aliphatic carbocycles. The Labute approximate surface area is 142 Å². The van der Waals surface area contributed by atoms with Gasteiger partial charge >= 0.3 is 0 Å². The van der Waals surface area contributed by atoms with E-state index >= 15 is 0 Å². The van der Waals surface area contributed by atoms with Crippen LogP contribution in [-0.4, -0.2) is 60.4 Å². The molecule has 6 nitrogen and oxygen atoms in total. The zero-order chi connectivity index (χ0) is 15.4. The summed E-state index contributed by atoms with van der Waals surface area (Å²) < 4.78 is 5.22. The normalized spacial score (nSPS) is 22.2. The summed E-state index contributed by atoms with van der Waals surface area (Å²) in [7, 11) is 0. The molecular weight excluding hydrogens is 318 g/mol. The molecule has 1 atom stereocenters. The minimum absolute atomic E-state index is 0. The molecule has 3 rings (SSSR count). The van der Waals surface area contributed by atoms with Gasteiger partial charge in [-0.25, -0.2) is 0 Å². The van der Waals surface area contributed by atoms with Crippen LogP contribution in [0.25, 0.3) is 0 Å². The predicted molar refractivity (Wildman–Crippen MR) is 88.7 cm³/mol. The molecule has 2 aliphatic rings. The highest BCUT2D eigenvalue weighted by Crippen LogP contribution is 2.22. The fourth-order valence-electron chi connectivity index (χ4n) is 3.25. The summed E-state index contributed by atoms with van der Waals surface area (Å²) in [6, 6.07) is 3.02. The number of carbonyl (C=O) groups excluding carboxylic acids is 2. The predicted octanol–water partition coefficient (Wildman–Crippen LogP) is 1.52. The molecule has 0 bridgehead atoms. The number of furan rings is 1. The summed E-state index contributed by atoms with van der Waals surface area (Å²) in [5, 5.41) is 3.30. The third kappa shape index (κ3) is 4.06. The van der Waals surface area contributed by atoms with Gasteiger partial charge in [0.25, 0.3) is 5.91 Å². The lowest BCUT2D eigenvalue weighted by Crippen LogP contribution is -2.53. The first-order valence-corrected chi connectivity index (χ1v) is 8.11. The summed E-state index contributed by atoms with van der Waals surface area (Å²) >= 11 is 0. The molecule has 1 N–H and O–H groups in total. The Morgan fingerprint density at radius 3 is 2.78 bits per heavy atom. The van der Waals surface area contributed by atoms with Crippen molar-refractivity contribution in [1.29, 1.82) is 0 Å². The lowest BCUT2D eigenvalue weighted by molar-refractivity contribution is -0.137. The Hall–Kier alpha value is -1.53. The van der Waals surface area contributed by atoms with Crippen LogP contribution in [0.1, 0.15) is 36.2 Å². The van der Waals surface area contributed by atoms with Gasteiger partial charge in [-0.3, -0.25) is 9.59 Å². The zero-order valence-corrected chi connectivity index (χ0v) is 14.0. The monoisotopic (exact) mass is 341 g/mol. The van der Waals surface area contributed by atoms with E-state index < -0.39 is 0 Å². The van der Waals surface area contributed by atoms with Crippen molar-refractivity contribution in [1.82, 2.24) is 15.1 Å². The van der Waals surface area contributed by atoms with Crippen LogP contribution < -0.4 is 5.32 Å². The Bertz CT molecular complexity index is 513. The number of carbonyl (C=O) groups is 2. The molecule has 3 heterocycles. The van der Waals surface area contributed by atoms with Gasteiger partial charge in [0.1, 0.15) is 6.04 Å². The van der Waals surface area contributed by atoms with Crippen LogP contribution >= 0.6 is 12.4 Å². The van der Waals surface area contributed by atoms with E-state index in [0.29, 0.717) is 12.3 Å². The molecule has 2 saturated heterocycles. The average Bonchev–Trinajstić information content (AvgIpc) is 2.96. The van der Waals surface area contributed by atoms with Crippen molar-refractivity contribution < 1.29 is 14.0 Å². The molecule has 7 heteroatoms. The fourth-order valence-corrected chi connectivity index (χ4v) is 3.25. The van der Waals surface area contributed by atoms with Gasteiger partial charge in [-0.2, -0.15) is 0 Å². The SMILES string of the molecule is Cl.O=C(C1CCCCN1C(=O)c1ccco1)N1CCCNCC1. The van der Waals surface area contributed by atoms with E-state index in [2.05, 4.69) is 5.32 Å². The Kier molecular flexibility index (Phi) is 6.47. The maximum atomic E-state index is 12.9. The number of piperidine rings is 1. The van der Waals surface area contributed by atoms with Gasteiger partial charge < -0.3 is 19.5 Å². The second kappa shape index (κ2) is 8.36.